The van der Waals surface area contributed by atoms with Crippen molar-refractivity contribution in [1.82, 2.24) is 0 Å². The molecule has 1 aromatic carbocycles. The van der Waals surface area contributed by atoms with Gasteiger partial charge < -0.3 is 10.5 Å². The van der Waals surface area contributed by atoms with Crippen LogP contribution in [-0.4, -0.2) is 19.8 Å². The van der Waals surface area contributed by atoms with Crippen molar-refractivity contribution in [3.05, 3.63) is 35.4 Å². The molecule has 18 heavy (non-hydrogen) atoms. The summed E-state index contributed by atoms with van der Waals surface area (Å²) in [5.41, 5.74) is 5.87. The average molecular weight is 261 g/mol. The SMILES string of the molecule is COCCCC(N)Cc1cccc(C(F)(F)F)c1. The van der Waals surface area contributed by atoms with Gasteiger partial charge in [0.25, 0.3) is 0 Å². The normalized spacial score (nSPS) is 13.6. The van der Waals surface area contributed by atoms with Gasteiger partial charge >= 0.3 is 6.18 Å². The van der Waals surface area contributed by atoms with Crippen molar-refractivity contribution in [1.29, 1.82) is 0 Å². The van der Waals surface area contributed by atoms with E-state index >= 15 is 0 Å². The van der Waals surface area contributed by atoms with E-state index in [1.54, 1.807) is 13.2 Å². The van der Waals surface area contributed by atoms with Crippen LogP contribution in [-0.2, 0) is 17.3 Å². The molecule has 0 saturated heterocycles. The Morgan fingerprint density at radius 2 is 2.06 bits per heavy atom. The third kappa shape index (κ3) is 5.06. The van der Waals surface area contributed by atoms with Crippen molar-refractivity contribution in [3.8, 4) is 0 Å². The Morgan fingerprint density at radius 1 is 1.33 bits per heavy atom. The largest absolute Gasteiger partial charge is 0.416 e. The number of methoxy groups -OCH3 is 1. The number of alkyl halides is 3. The average Bonchev–Trinajstić information content (AvgIpc) is 2.28. The van der Waals surface area contributed by atoms with Gasteiger partial charge in [-0.25, -0.2) is 0 Å². The van der Waals surface area contributed by atoms with Gasteiger partial charge in [0.05, 0.1) is 5.56 Å². The van der Waals surface area contributed by atoms with Gasteiger partial charge in [-0.2, -0.15) is 13.2 Å². The summed E-state index contributed by atoms with van der Waals surface area (Å²) in [6.07, 6.45) is -2.29. The Morgan fingerprint density at radius 3 is 2.67 bits per heavy atom. The van der Waals surface area contributed by atoms with E-state index in [1.165, 1.54) is 6.07 Å². The third-order valence-electron chi connectivity index (χ3n) is 2.68. The fraction of sp³-hybridized carbons (Fsp3) is 0.538. The van der Waals surface area contributed by atoms with Crippen LogP contribution < -0.4 is 5.73 Å². The van der Waals surface area contributed by atoms with E-state index in [-0.39, 0.29) is 6.04 Å². The Balaban J connectivity index is 2.57. The fourth-order valence-corrected chi connectivity index (χ4v) is 1.77. The highest BCUT2D eigenvalue weighted by molar-refractivity contribution is 5.26. The molecule has 0 aliphatic heterocycles. The maximum atomic E-state index is 12.5. The molecule has 0 aliphatic rings. The topological polar surface area (TPSA) is 35.2 Å². The molecule has 2 nitrogen and oxygen atoms in total. The Hall–Kier alpha value is -1.07. The predicted octanol–water partition coefficient (Wildman–Crippen LogP) is 3.00. The Labute approximate surface area is 105 Å². The molecule has 2 N–H and O–H groups in total. The molecule has 0 fully saturated rings. The number of hydrogen-bond donors (Lipinski definition) is 1. The minimum absolute atomic E-state index is 0.136. The Bertz CT molecular complexity index is 365. The zero-order valence-corrected chi connectivity index (χ0v) is 10.3. The van der Waals surface area contributed by atoms with Gasteiger partial charge in [-0.15, -0.1) is 0 Å². The molecule has 0 bridgehead atoms. The van der Waals surface area contributed by atoms with Crippen LogP contribution in [0.1, 0.15) is 24.0 Å². The van der Waals surface area contributed by atoms with Gasteiger partial charge in [0.1, 0.15) is 0 Å². The lowest BCUT2D eigenvalue weighted by molar-refractivity contribution is -0.137. The molecular formula is C13H18F3NO. The molecule has 0 amide bonds. The number of rotatable bonds is 6. The van der Waals surface area contributed by atoms with Gasteiger partial charge in [-0.3, -0.25) is 0 Å². The first-order valence-corrected chi connectivity index (χ1v) is 5.84. The van der Waals surface area contributed by atoms with E-state index < -0.39 is 11.7 Å². The van der Waals surface area contributed by atoms with Gasteiger partial charge in [0.2, 0.25) is 0 Å². The molecule has 0 radical (unpaired) electrons. The lowest BCUT2D eigenvalue weighted by Crippen LogP contribution is -2.23. The van der Waals surface area contributed by atoms with Gasteiger partial charge in [0, 0.05) is 19.8 Å². The molecule has 0 saturated carbocycles. The molecule has 1 atom stereocenters. The van der Waals surface area contributed by atoms with E-state index in [0.29, 0.717) is 18.6 Å². The maximum Gasteiger partial charge on any atom is 0.416 e. The van der Waals surface area contributed by atoms with Crippen molar-refractivity contribution in [2.24, 2.45) is 5.73 Å². The van der Waals surface area contributed by atoms with E-state index in [0.717, 1.165) is 25.0 Å². The fourth-order valence-electron chi connectivity index (χ4n) is 1.77. The zero-order valence-electron chi connectivity index (χ0n) is 10.3. The number of hydrogen-bond acceptors (Lipinski definition) is 2. The predicted molar refractivity (Wildman–Crippen MR) is 64.2 cm³/mol. The minimum Gasteiger partial charge on any atom is -0.385 e. The van der Waals surface area contributed by atoms with Crippen LogP contribution in [0.15, 0.2) is 24.3 Å². The molecule has 0 spiro atoms. The van der Waals surface area contributed by atoms with Crippen molar-refractivity contribution in [3.63, 3.8) is 0 Å². The minimum atomic E-state index is -4.30. The second kappa shape index (κ2) is 6.75. The van der Waals surface area contributed by atoms with E-state index in [1.807, 2.05) is 0 Å². The maximum absolute atomic E-state index is 12.5. The molecular weight excluding hydrogens is 243 g/mol. The molecule has 5 heteroatoms. The van der Waals surface area contributed by atoms with Crippen molar-refractivity contribution >= 4 is 0 Å². The Kier molecular flexibility index (Phi) is 5.62. The van der Waals surface area contributed by atoms with Crippen LogP contribution in [0.3, 0.4) is 0 Å². The quantitative estimate of drug-likeness (QED) is 0.799. The molecule has 0 aromatic heterocycles. The van der Waals surface area contributed by atoms with E-state index in [2.05, 4.69) is 0 Å². The van der Waals surface area contributed by atoms with Crippen LogP contribution in [0.2, 0.25) is 0 Å². The monoisotopic (exact) mass is 261 g/mol. The number of halogens is 3. The number of ether oxygens (including phenoxy) is 1. The highest BCUT2D eigenvalue weighted by Gasteiger charge is 2.30. The number of benzene rings is 1. The molecule has 1 aromatic rings. The summed E-state index contributed by atoms with van der Waals surface area (Å²) in [4.78, 5) is 0. The van der Waals surface area contributed by atoms with Gasteiger partial charge in [-0.05, 0) is 30.9 Å². The van der Waals surface area contributed by atoms with Crippen LogP contribution >= 0.6 is 0 Å². The van der Waals surface area contributed by atoms with Crippen molar-refractivity contribution < 1.29 is 17.9 Å². The molecule has 102 valence electrons. The smallest absolute Gasteiger partial charge is 0.385 e. The van der Waals surface area contributed by atoms with Gasteiger partial charge in [0.15, 0.2) is 0 Å². The van der Waals surface area contributed by atoms with Crippen molar-refractivity contribution in [2.45, 2.75) is 31.5 Å². The van der Waals surface area contributed by atoms with Crippen LogP contribution in [0, 0.1) is 0 Å². The van der Waals surface area contributed by atoms with Crippen LogP contribution in [0.25, 0.3) is 0 Å². The number of nitrogens with two attached hydrogens (primary N) is 1. The molecule has 1 unspecified atom stereocenters. The van der Waals surface area contributed by atoms with Crippen LogP contribution in [0.4, 0.5) is 13.2 Å². The van der Waals surface area contributed by atoms with Crippen LogP contribution in [0.5, 0.6) is 0 Å². The summed E-state index contributed by atoms with van der Waals surface area (Å²) in [5.74, 6) is 0. The molecule has 0 heterocycles. The third-order valence-corrected chi connectivity index (χ3v) is 2.68. The second-order valence-corrected chi connectivity index (χ2v) is 4.30. The highest BCUT2D eigenvalue weighted by Crippen LogP contribution is 2.29. The molecule has 0 aliphatic carbocycles. The summed E-state index contributed by atoms with van der Waals surface area (Å²) in [6.45, 7) is 0.621. The molecule has 1 rings (SSSR count). The summed E-state index contributed by atoms with van der Waals surface area (Å²) >= 11 is 0. The highest BCUT2D eigenvalue weighted by atomic mass is 19.4. The second-order valence-electron chi connectivity index (χ2n) is 4.30. The lowest BCUT2D eigenvalue weighted by Gasteiger charge is -2.13. The lowest BCUT2D eigenvalue weighted by atomic mass is 10.0. The van der Waals surface area contributed by atoms with Crippen molar-refractivity contribution in [2.75, 3.05) is 13.7 Å². The summed E-state index contributed by atoms with van der Waals surface area (Å²) in [6, 6.07) is 5.19. The first-order valence-electron chi connectivity index (χ1n) is 5.84. The summed E-state index contributed by atoms with van der Waals surface area (Å²) in [7, 11) is 1.61. The van der Waals surface area contributed by atoms with Gasteiger partial charge in [-0.1, -0.05) is 18.2 Å². The first kappa shape index (κ1) is 15.0. The zero-order chi connectivity index (χ0) is 13.6. The van der Waals surface area contributed by atoms with E-state index in [9.17, 15) is 13.2 Å². The standard InChI is InChI=1S/C13H18F3NO/c1-18-7-3-6-12(17)9-10-4-2-5-11(8-10)13(14,15)16/h2,4-5,8,12H,3,6-7,9,17H2,1H3. The van der Waals surface area contributed by atoms with E-state index in [4.69, 9.17) is 10.5 Å². The first-order chi connectivity index (χ1) is 8.43. The summed E-state index contributed by atoms with van der Waals surface area (Å²) in [5, 5.41) is 0. The summed E-state index contributed by atoms with van der Waals surface area (Å²) < 4.78 is 42.4.